The highest BCUT2D eigenvalue weighted by Gasteiger charge is 2.27. The summed E-state index contributed by atoms with van der Waals surface area (Å²) in [7, 11) is 0. The Kier molecular flexibility index (Phi) is 6.52. The standard InChI is InChI=1S/C11H13ClF2N2O.ClH/c1-7-2-3-8(4-9(7)12)10(17)16-6-11(13,14)5-15;/h2-4H,5-6,15H2,1H3,(H,16,17);1H. The number of hydrogen-bond acceptors (Lipinski definition) is 2. The Morgan fingerprint density at radius 1 is 1.50 bits per heavy atom. The number of nitrogens with two attached hydrogens (primary N) is 1. The number of halogens is 4. The second-order valence-corrected chi connectivity index (χ2v) is 4.11. The third kappa shape index (κ3) is 4.76. The van der Waals surface area contributed by atoms with Gasteiger partial charge in [0.25, 0.3) is 11.8 Å². The van der Waals surface area contributed by atoms with Crippen LogP contribution < -0.4 is 11.1 Å². The van der Waals surface area contributed by atoms with Crippen LogP contribution in [0.4, 0.5) is 8.78 Å². The average molecular weight is 299 g/mol. The molecular weight excluding hydrogens is 285 g/mol. The van der Waals surface area contributed by atoms with Crippen molar-refractivity contribution in [3.05, 3.63) is 34.3 Å². The lowest BCUT2D eigenvalue weighted by Gasteiger charge is -2.14. The van der Waals surface area contributed by atoms with E-state index in [1.807, 2.05) is 0 Å². The first-order valence-corrected chi connectivity index (χ1v) is 5.36. The van der Waals surface area contributed by atoms with Gasteiger partial charge in [0.15, 0.2) is 0 Å². The smallest absolute Gasteiger partial charge is 0.277 e. The van der Waals surface area contributed by atoms with Crippen molar-refractivity contribution >= 4 is 29.9 Å². The van der Waals surface area contributed by atoms with Crippen molar-refractivity contribution in [2.24, 2.45) is 5.73 Å². The van der Waals surface area contributed by atoms with Crippen LogP contribution in [-0.2, 0) is 0 Å². The summed E-state index contributed by atoms with van der Waals surface area (Å²) >= 11 is 5.83. The Morgan fingerprint density at radius 2 is 2.11 bits per heavy atom. The lowest BCUT2D eigenvalue weighted by molar-refractivity contribution is 0.0118. The summed E-state index contributed by atoms with van der Waals surface area (Å²) in [6.45, 7) is 0.197. The molecular formula is C11H14Cl2F2N2O. The highest BCUT2D eigenvalue weighted by Crippen LogP contribution is 2.17. The summed E-state index contributed by atoms with van der Waals surface area (Å²) in [5.41, 5.74) is 5.91. The minimum atomic E-state index is -3.09. The molecule has 0 atom stereocenters. The number of carbonyl (C=O) groups is 1. The molecule has 3 nitrogen and oxygen atoms in total. The predicted molar refractivity (Wildman–Crippen MR) is 69.8 cm³/mol. The van der Waals surface area contributed by atoms with Gasteiger partial charge < -0.3 is 11.1 Å². The van der Waals surface area contributed by atoms with Gasteiger partial charge in [0.05, 0.1) is 13.1 Å². The lowest BCUT2D eigenvalue weighted by Crippen LogP contribution is -2.41. The maximum Gasteiger partial charge on any atom is 0.277 e. The first-order valence-electron chi connectivity index (χ1n) is 4.98. The van der Waals surface area contributed by atoms with E-state index < -0.39 is 24.9 Å². The van der Waals surface area contributed by atoms with E-state index in [2.05, 4.69) is 5.32 Å². The van der Waals surface area contributed by atoms with Gasteiger partial charge in [-0.15, -0.1) is 12.4 Å². The molecule has 0 spiro atoms. The van der Waals surface area contributed by atoms with Crippen molar-refractivity contribution in [2.45, 2.75) is 12.8 Å². The largest absolute Gasteiger partial charge is 0.346 e. The molecule has 1 aromatic carbocycles. The number of alkyl halides is 2. The molecule has 7 heteroatoms. The van der Waals surface area contributed by atoms with E-state index in [0.29, 0.717) is 5.02 Å². The number of carbonyl (C=O) groups excluding carboxylic acids is 1. The predicted octanol–water partition coefficient (Wildman–Crippen LogP) is 2.39. The lowest BCUT2D eigenvalue weighted by atomic mass is 10.1. The van der Waals surface area contributed by atoms with Crippen LogP contribution in [0.1, 0.15) is 15.9 Å². The topological polar surface area (TPSA) is 55.1 Å². The summed E-state index contributed by atoms with van der Waals surface area (Å²) in [5, 5.41) is 2.53. The zero-order chi connectivity index (χ0) is 13.1. The van der Waals surface area contributed by atoms with Crippen LogP contribution in [0.2, 0.25) is 5.02 Å². The van der Waals surface area contributed by atoms with Gasteiger partial charge in [0, 0.05) is 10.6 Å². The van der Waals surface area contributed by atoms with Gasteiger partial charge in [-0.1, -0.05) is 17.7 Å². The molecule has 0 fully saturated rings. The van der Waals surface area contributed by atoms with Crippen molar-refractivity contribution in [3.63, 3.8) is 0 Å². The number of rotatable bonds is 4. The van der Waals surface area contributed by atoms with E-state index in [0.717, 1.165) is 5.56 Å². The molecule has 102 valence electrons. The SMILES string of the molecule is Cc1ccc(C(=O)NCC(F)(F)CN)cc1Cl.Cl. The van der Waals surface area contributed by atoms with Crippen molar-refractivity contribution in [1.29, 1.82) is 0 Å². The van der Waals surface area contributed by atoms with E-state index in [4.69, 9.17) is 17.3 Å². The second-order valence-electron chi connectivity index (χ2n) is 3.71. The third-order valence-electron chi connectivity index (χ3n) is 2.24. The second kappa shape index (κ2) is 6.87. The average Bonchev–Trinajstić information content (AvgIpc) is 2.30. The zero-order valence-corrected chi connectivity index (χ0v) is 11.2. The van der Waals surface area contributed by atoms with Gasteiger partial charge in [0.2, 0.25) is 0 Å². The summed E-state index contributed by atoms with van der Waals surface area (Å²) in [4.78, 5) is 11.5. The molecule has 0 aliphatic carbocycles. The third-order valence-corrected chi connectivity index (χ3v) is 2.65. The summed E-state index contributed by atoms with van der Waals surface area (Å²) < 4.78 is 25.6. The fourth-order valence-electron chi connectivity index (χ4n) is 1.12. The maximum atomic E-state index is 12.8. The van der Waals surface area contributed by atoms with E-state index in [9.17, 15) is 13.6 Å². The Morgan fingerprint density at radius 3 is 2.61 bits per heavy atom. The molecule has 0 aliphatic heterocycles. The molecule has 0 aromatic heterocycles. The molecule has 3 N–H and O–H groups in total. The van der Waals surface area contributed by atoms with Gasteiger partial charge in [0.1, 0.15) is 0 Å². The molecule has 0 heterocycles. The fraction of sp³-hybridized carbons (Fsp3) is 0.364. The summed E-state index contributed by atoms with van der Waals surface area (Å²) in [6.07, 6.45) is 0. The summed E-state index contributed by atoms with van der Waals surface area (Å²) in [6, 6.07) is 4.61. The number of hydrogen-bond donors (Lipinski definition) is 2. The molecule has 1 amide bonds. The van der Waals surface area contributed by atoms with E-state index in [1.165, 1.54) is 12.1 Å². The van der Waals surface area contributed by atoms with Gasteiger partial charge in [-0.25, -0.2) is 8.78 Å². The number of aryl methyl sites for hydroxylation is 1. The van der Waals surface area contributed by atoms with Crippen LogP contribution in [0.25, 0.3) is 0 Å². The van der Waals surface area contributed by atoms with Gasteiger partial charge in [-0.3, -0.25) is 4.79 Å². The van der Waals surface area contributed by atoms with Crippen molar-refractivity contribution < 1.29 is 13.6 Å². The first kappa shape index (κ1) is 17.1. The molecule has 0 aliphatic rings. The van der Waals surface area contributed by atoms with Gasteiger partial charge in [-0.05, 0) is 24.6 Å². The van der Waals surface area contributed by atoms with Crippen LogP contribution in [0, 0.1) is 6.92 Å². The molecule has 1 aromatic rings. The number of benzene rings is 1. The minimum absolute atomic E-state index is 0. The number of nitrogens with one attached hydrogen (secondary N) is 1. The highest BCUT2D eigenvalue weighted by atomic mass is 35.5. The molecule has 0 saturated carbocycles. The molecule has 0 saturated heterocycles. The first-order chi connectivity index (χ1) is 7.85. The van der Waals surface area contributed by atoms with E-state index >= 15 is 0 Å². The fourth-order valence-corrected chi connectivity index (χ4v) is 1.30. The minimum Gasteiger partial charge on any atom is -0.346 e. The van der Waals surface area contributed by atoms with E-state index in [-0.39, 0.29) is 18.0 Å². The van der Waals surface area contributed by atoms with Crippen LogP contribution in [0.3, 0.4) is 0 Å². The van der Waals surface area contributed by atoms with Gasteiger partial charge >= 0.3 is 0 Å². The Bertz CT molecular complexity index is 428. The Hall–Kier alpha value is -0.910. The molecule has 0 unspecified atom stereocenters. The zero-order valence-electron chi connectivity index (χ0n) is 9.67. The van der Waals surface area contributed by atoms with E-state index in [1.54, 1.807) is 13.0 Å². The Labute approximate surface area is 115 Å². The van der Waals surface area contributed by atoms with Gasteiger partial charge in [-0.2, -0.15) is 0 Å². The van der Waals surface area contributed by atoms with Crippen LogP contribution in [0.5, 0.6) is 0 Å². The maximum absolute atomic E-state index is 12.8. The highest BCUT2D eigenvalue weighted by molar-refractivity contribution is 6.31. The molecule has 0 radical (unpaired) electrons. The van der Waals surface area contributed by atoms with Crippen LogP contribution in [-0.4, -0.2) is 24.9 Å². The normalized spacial score (nSPS) is 10.7. The monoisotopic (exact) mass is 298 g/mol. The van der Waals surface area contributed by atoms with Crippen molar-refractivity contribution in [3.8, 4) is 0 Å². The Balaban J connectivity index is 0.00000289. The van der Waals surface area contributed by atoms with Crippen LogP contribution >= 0.6 is 24.0 Å². The van der Waals surface area contributed by atoms with Crippen LogP contribution in [0.15, 0.2) is 18.2 Å². The number of amides is 1. The molecule has 18 heavy (non-hydrogen) atoms. The van der Waals surface area contributed by atoms with Crippen molar-refractivity contribution in [1.82, 2.24) is 5.32 Å². The quantitative estimate of drug-likeness (QED) is 0.897. The molecule has 0 bridgehead atoms. The molecule has 1 rings (SSSR count). The van der Waals surface area contributed by atoms with Crippen molar-refractivity contribution in [2.75, 3.05) is 13.1 Å². The summed E-state index contributed by atoms with van der Waals surface area (Å²) in [5.74, 6) is -3.69.